The number of H-pyrrole nitrogens is 1. The Balaban J connectivity index is 1.73. The van der Waals surface area contributed by atoms with E-state index in [1.165, 1.54) is 13.4 Å². The second-order valence-electron chi connectivity index (χ2n) is 6.74. The van der Waals surface area contributed by atoms with Gasteiger partial charge >= 0.3 is 0 Å². The first kappa shape index (κ1) is 19.4. The van der Waals surface area contributed by atoms with E-state index < -0.39 is 5.91 Å². The van der Waals surface area contributed by atoms with Gasteiger partial charge < -0.3 is 25.9 Å². The number of aliphatic hydroxyl groups excluding tert-OH is 1. The predicted molar refractivity (Wildman–Crippen MR) is 114 cm³/mol. The molecule has 0 saturated heterocycles. The van der Waals surface area contributed by atoms with Crippen LogP contribution in [0.2, 0.25) is 0 Å². The van der Waals surface area contributed by atoms with Crippen LogP contribution in [0.3, 0.4) is 0 Å². The summed E-state index contributed by atoms with van der Waals surface area (Å²) in [7, 11) is 1.53. The minimum atomic E-state index is -0.523. The quantitative estimate of drug-likeness (QED) is 0.376. The second kappa shape index (κ2) is 8.22. The van der Waals surface area contributed by atoms with E-state index in [0.29, 0.717) is 22.8 Å². The van der Waals surface area contributed by atoms with Gasteiger partial charge in [0.25, 0.3) is 0 Å². The van der Waals surface area contributed by atoms with Crippen LogP contribution in [0.15, 0.2) is 60.9 Å². The first-order valence-electron chi connectivity index (χ1n) is 9.35. The number of carbonyl (C=O) groups excluding carboxylic acids is 1. The molecular weight excluding hydrogens is 382 g/mol. The van der Waals surface area contributed by atoms with Gasteiger partial charge in [0, 0.05) is 11.1 Å². The third-order valence-corrected chi connectivity index (χ3v) is 4.90. The molecular formula is C22H21N5O3. The first-order valence-corrected chi connectivity index (χ1v) is 9.35. The number of benzene rings is 2. The molecule has 2 aromatic heterocycles. The van der Waals surface area contributed by atoms with Crippen LogP contribution >= 0.6 is 0 Å². The van der Waals surface area contributed by atoms with Crippen LogP contribution in [0.25, 0.3) is 22.3 Å². The first-order chi connectivity index (χ1) is 14.6. The van der Waals surface area contributed by atoms with Crippen molar-refractivity contribution in [2.75, 3.05) is 19.0 Å². The number of anilines is 1. The van der Waals surface area contributed by atoms with Crippen LogP contribution in [0, 0.1) is 0 Å². The highest BCUT2D eigenvalue weighted by molar-refractivity contribution is 5.95. The van der Waals surface area contributed by atoms with E-state index in [9.17, 15) is 9.90 Å². The van der Waals surface area contributed by atoms with Gasteiger partial charge in [-0.05, 0) is 29.8 Å². The molecule has 0 aliphatic carbocycles. The van der Waals surface area contributed by atoms with Gasteiger partial charge in [-0.3, -0.25) is 4.79 Å². The molecule has 0 radical (unpaired) electrons. The zero-order chi connectivity index (χ0) is 21.1. The van der Waals surface area contributed by atoms with Crippen LogP contribution < -0.4 is 15.8 Å². The van der Waals surface area contributed by atoms with Crippen molar-refractivity contribution < 1.29 is 14.6 Å². The molecule has 8 heteroatoms. The Morgan fingerprint density at radius 2 is 2.00 bits per heavy atom. The number of nitrogens with two attached hydrogens (primary N) is 1. The molecule has 30 heavy (non-hydrogen) atoms. The number of primary amides is 1. The average Bonchev–Trinajstić information content (AvgIpc) is 3.22. The summed E-state index contributed by atoms with van der Waals surface area (Å²) < 4.78 is 5.44. The smallest absolute Gasteiger partial charge is 0.248 e. The highest BCUT2D eigenvalue weighted by Crippen LogP contribution is 2.34. The number of amides is 1. The standard InChI is InChI=1S/C22H21N5O3/c1-30-19-9-14(20(23)29)7-8-15(19)17-10-16-21(26-17)24-12-25-22(16)27-18(11-28)13-5-3-2-4-6-13/h2-10,12,18,28H,11H2,1H3,(H2,23,29)(H2,24,25,26,27)/t18-/m1/s1. The molecule has 4 aromatic rings. The van der Waals surface area contributed by atoms with Crippen molar-refractivity contribution in [1.82, 2.24) is 15.0 Å². The molecule has 5 N–H and O–H groups in total. The van der Waals surface area contributed by atoms with E-state index in [4.69, 9.17) is 10.5 Å². The fraction of sp³-hybridized carbons (Fsp3) is 0.136. The zero-order valence-corrected chi connectivity index (χ0v) is 16.3. The number of methoxy groups -OCH3 is 1. The lowest BCUT2D eigenvalue weighted by Crippen LogP contribution is -2.15. The maximum absolute atomic E-state index is 11.5. The van der Waals surface area contributed by atoms with Crippen LogP contribution in [-0.4, -0.2) is 39.7 Å². The highest BCUT2D eigenvalue weighted by Gasteiger charge is 2.17. The number of nitrogens with one attached hydrogen (secondary N) is 2. The molecule has 0 spiro atoms. The topological polar surface area (TPSA) is 126 Å². The molecule has 0 aliphatic rings. The Morgan fingerprint density at radius 3 is 2.70 bits per heavy atom. The lowest BCUT2D eigenvalue weighted by molar-refractivity contribution is 0.1000. The van der Waals surface area contributed by atoms with Crippen molar-refractivity contribution in [3.05, 3.63) is 72.1 Å². The lowest BCUT2D eigenvalue weighted by Gasteiger charge is -2.17. The van der Waals surface area contributed by atoms with Gasteiger partial charge in [-0.2, -0.15) is 0 Å². The molecule has 2 heterocycles. The van der Waals surface area contributed by atoms with E-state index in [1.807, 2.05) is 36.4 Å². The minimum absolute atomic E-state index is 0.0881. The van der Waals surface area contributed by atoms with Crippen molar-refractivity contribution in [2.24, 2.45) is 5.73 Å². The van der Waals surface area contributed by atoms with Crippen molar-refractivity contribution in [3.8, 4) is 17.0 Å². The van der Waals surface area contributed by atoms with Crippen LogP contribution in [0.4, 0.5) is 5.82 Å². The summed E-state index contributed by atoms with van der Waals surface area (Å²) in [6.07, 6.45) is 1.46. The number of nitrogens with zero attached hydrogens (tertiary/aromatic N) is 2. The maximum atomic E-state index is 11.5. The lowest BCUT2D eigenvalue weighted by atomic mass is 10.1. The number of aromatic nitrogens is 3. The van der Waals surface area contributed by atoms with E-state index in [2.05, 4.69) is 20.3 Å². The highest BCUT2D eigenvalue weighted by atomic mass is 16.5. The van der Waals surface area contributed by atoms with E-state index in [1.54, 1.807) is 18.2 Å². The normalized spacial score (nSPS) is 11.9. The third kappa shape index (κ3) is 3.68. The number of carbonyl (C=O) groups is 1. The monoisotopic (exact) mass is 403 g/mol. The van der Waals surface area contributed by atoms with Crippen LogP contribution in [0.5, 0.6) is 5.75 Å². The summed E-state index contributed by atoms with van der Waals surface area (Å²) in [5, 5.41) is 13.9. The molecule has 8 nitrogen and oxygen atoms in total. The van der Waals surface area contributed by atoms with Gasteiger partial charge in [0.15, 0.2) is 0 Å². The summed E-state index contributed by atoms with van der Waals surface area (Å²) >= 11 is 0. The molecule has 2 aromatic carbocycles. The van der Waals surface area contributed by atoms with Crippen LogP contribution in [-0.2, 0) is 0 Å². The van der Waals surface area contributed by atoms with Gasteiger partial charge in [-0.25, -0.2) is 9.97 Å². The van der Waals surface area contributed by atoms with Crippen molar-refractivity contribution in [3.63, 3.8) is 0 Å². The number of hydrogen-bond donors (Lipinski definition) is 4. The molecule has 1 atom stereocenters. The minimum Gasteiger partial charge on any atom is -0.496 e. The summed E-state index contributed by atoms with van der Waals surface area (Å²) in [5.74, 6) is 0.584. The molecule has 0 aliphatic heterocycles. The molecule has 0 saturated carbocycles. The summed E-state index contributed by atoms with van der Waals surface area (Å²) in [6.45, 7) is -0.0881. The fourth-order valence-corrected chi connectivity index (χ4v) is 3.35. The third-order valence-electron chi connectivity index (χ3n) is 4.90. The van der Waals surface area contributed by atoms with E-state index in [-0.39, 0.29) is 12.6 Å². The number of aromatic amines is 1. The molecule has 4 rings (SSSR count). The van der Waals surface area contributed by atoms with Gasteiger partial charge in [0.2, 0.25) is 5.91 Å². The maximum Gasteiger partial charge on any atom is 0.248 e. The summed E-state index contributed by atoms with van der Waals surface area (Å²) in [4.78, 5) is 23.4. The van der Waals surface area contributed by atoms with Gasteiger partial charge in [0.1, 0.15) is 23.5 Å². The second-order valence-corrected chi connectivity index (χ2v) is 6.74. The average molecular weight is 403 g/mol. The SMILES string of the molecule is COc1cc(C(N)=O)ccc1-c1cc2c(N[C@H](CO)c3ccccc3)ncnc2[nH]1. The van der Waals surface area contributed by atoms with E-state index >= 15 is 0 Å². The van der Waals surface area contributed by atoms with Gasteiger partial charge in [0.05, 0.1) is 30.8 Å². The molecule has 0 fully saturated rings. The van der Waals surface area contributed by atoms with Crippen LogP contribution in [0.1, 0.15) is 22.0 Å². The Morgan fingerprint density at radius 1 is 1.20 bits per heavy atom. The van der Waals surface area contributed by atoms with Gasteiger partial charge in [-0.15, -0.1) is 0 Å². The van der Waals surface area contributed by atoms with Crippen molar-refractivity contribution >= 4 is 22.8 Å². The Bertz CT molecular complexity index is 1190. The van der Waals surface area contributed by atoms with Crippen molar-refractivity contribution in [2.45, 2.75) is 6.04 Å². The molecule has 1 amide bonds. The number of hydrogen-bond acceptors (Lipinski definition) is 6. The Labute approximate surface area is 172 Å². The number of fused-ring (bicyclic) bond motifs is 1. The Kier molecular flexibility index (Phi) is 5.32. The predicted octanol–water partition coefficient (Wildman–Crippen LogP) is 2.88. The summed E-state index contributed by atoms with van der Waals surface area (Å²) in [6, 6.07) is 16.3. The molecule has 152 valence electrons. The Hall–Kier alpha value is -3.91. The van der Waals surface area contributed by atoms with Gasteiger partial charge in [-0.1, -0.05) is 30.3 Å². The van der Waals surface area contributed by atoms with E-state index in [0.717, 1.165) is 22.2 Å². The zero-order valence-electron chi connectivity index (χ0n) is 16.3. The molecule has 0 unspecified atom stereocenters. The summed E-state index contributed by atoms with van der Waals surface area (Å²) in [5.41, 5.74) is 8.82. The fourth-order valence-electron chi connectivity index (χ4n) is 3.35. The number of rotatable bonds is 7. The number of aliphatic hydroxyl groups is 1. The number of ether oxygens (including phenoxy) is 1. The van der Waals surface area contributed by atoms with Crippen molar-refractivity contribution in [1.29, 1.82) is 0 Å². The molecule has 0 bridgehead atoms. The largest absolute Gasteiger partial charge is 0.496 e.